The summed E-state index contributed by atoms with van der Waals surface area (Å²) >= 11 is 0. The van der Waals surface area contributed by atoms with E-state index in [1.54, 1.807) is 0 Å². The van der Waals surface area contributed by atoms with E-state index in [0.717, 1.165) is 6.54 Å². The first-order valence-corrected chi connectivity index (χ1v) is 5.45. The molecule has 88 valence electrons. The Bertz CT molecular complexity index is 221. The zero-order valence-electron chi connectivity index (χ0n) is 9.66. The Morgan fingerprint density at radius 2 is 2.07 bits per heavy atom. The third kappa shape index (κ3) is 3.07. The summed E-state index contributed by atoms with van der Waals surface area (Å²) in [5, 5.41) is 14.6. The average molecular weight is 214 g/mol. The smallest absolute Gasteiger partial charge is 0.153 e. The molecule has 15 heavy (non-hydrogen) atoms. The van der Waals surface area contributed by atoms with Crippen LogP contribution in [-0.4, -0.2) is 48.7 Å². The number of nitrogens with zero attached hydrogens (tertiary/aromatic N) is 2. The number of rotatable bonds is 5. The van der Waals surface area contributed by atoms with E-state index in [1.165, 1.54) is 25.7 Å². The largest absolute Gasteiger partial charge is 0.409 e. The van der Waals surface area contributed by atoms with Gasteiger partial charge < -0.3 is 21.2 Å². The highest BCUT2D eigenvalue weighted by atomic mass is 16.4. The monoisotopic (exact) mass is 214 g/mol. The van der Waals surface area contributed by atoms with Crippen LogP contribution >= 0.6 is 0 Å². The molecule has 5 heteroatoms. The molecule has 0 aliphatic heterocycles. The van der Waals surface area contributed by atoms with Crippen molar-refractivity contribution in [1.29, 1.82) is 0 Å². The summed E-state index contributed by atoms with van der Waals surface area (Å²) in [5.41, 5.74) is 5.66. The lowest BCUT2D eigenvalue weighted by Crippen LogP contribution is -2.50. The van der Waals surface area contributed by atoms with Crippen LogP contribution in [0.1, 0.15) is 25.7 Å². The maximum Gasteiger partial charge on any atom is 0.153 e. The van der Waals surface area contributed by atoms with Crippen LogP contribution in [0.25, 0.3) is 0 Å². The highest BCUT2D eigenvalue weighted by Gasteiger charge is 2.35. The molecule has 1 saturated carbocycles. The van der Waals surface area contributed by atoms with Crippen LogP contribution < -0.4 is 11.1 Å². The minimum Gasteiger partial charge on any atom is -0.409 e. The number of hydrogen-bond donors (Lipinski definition) is 3. The van der Waals surface area contributed by atoms with Gasteiger partial charge in [0.1, 0.15) is 0 Å². The zero-order chi connectivity index (χ0) is 11.3. The molecule has 0 aromatic carbocycles. The molecule has 0 saturated heterocycles. The summed E-state index contributed by atoms with van der Waals surface area (Å²) in [7, 11) is 4.24. The minimum atomic E-state index is 0.238. The van der Waals surface area contributed by atoms with Crippen LogP contribution in [0.2, 0.25) is 0 Å². The van der Waals surface area contributed by atoms with Gasteiger partial charge in [-0.15, -0.1) is 0 Å². The van der Waals surface area contributed by atoms with Gasteiger partial charge in [0, 0.05) is 12.1 Å². The zero-order valence-corrected chi connectivity index (χ0v) is 9.66. The van der Waals surface area contributed by atoms with E-state index in [9.17, 15) is 0 Å². The van der Waals surface area contributed by atoms with E-state index in [-0.39, 0.29) is 11.4 Å². The van der Waals surface area contributed by atoms with Gasteiger partial charge in [-0.2, -0.15) is 0 Å². The predicted molar refractivity (Wildman–Crippen MR) is 61.2 cm³/mol. The van der Waals surface area contributed by atoms with Gasteiger partial charge in [0.2, 0.25) is 0 Å². The van der Waals surface area contributed by atoms with E-state index >= 15 is 0 Å². The second-order valence-corrected chi connectivity index (χ2v) is 4.52. The number of oxime groups is 1. The molecule has 1 rings (SSSR count). The van der Waals surface area contributed by atoms with Crippen molar-refractivity contribution in [2.45, 2.75) is 31.2 Å². The molecule has 1 aliphatic carbocycles. The summed E-state index contributed by atoms with van der Waals surface area (Å²) in [4.78, 5) is 2.29. The van der Waals surface area contributed by atoms with Gasteiger partial charge >= 0.3 is 0 Å². The van der Waals surface area contributed by atoms with Crippen molar-refractivity contribution in [2.75, 3.05) is 27.2 Å². The summed E-state index contributed by atoms with van der Waals surface area (Å²) in [6.07, 6.45) is 5.04. The van der Waals surface area contributed by atoms with Crippen LogP contribution in [0, 0.1) is 0 Å². The number of nitrogens with one attached hydrogen (secondary N) is 1. The fourth-order valence-electron chi connectivity index (χ4n) is 2.27. The molecule has 4 N–H and O–H groups in total. The van der Waals surface area contributed by atoms with Crippen molar-refractivity contribution in [3.05, 3.63) is 0 Å². The Morgan fingerprint density at radius 1 is 1.47 bits per heavy atom. The first kappa shape index (κ1) is 12.3. The molecule has 0 aromatic heterocycles. The van der Waals surface area contributed by atoms with Gasteiger partial charge in [-0.25, -0.2) is 0 Å². The molecule has 0 aromatic rings. The van der Waals surface area contributed by atoms with E-state index in [4.69, 9.17) is 10.9 Å². The van der Waals surface area contributed by atoms with Crippen molar-refractivity contribution in [3.63, 3.8) is 0 Å². The predicted octanol–water partition coefficient (Wildman–Crippen LogP) is 0.197. The van der Waals surface area contributed by atoms with Gasteiger partial charge in [0.15, 0.2) is 5.84 Å². The molecule has 0 amide bonds. The fourth-order valence-corrected chi connectivity index (χ4v) is 2.27. The topological polar surface area (TPSA) is 73.9 Å². The molecule has 5 nitrogen and oxygen atoms in total. The molecule has 0 unspecified atom stereocenters. The minimum absolute atomic E-state index is 0.238. The Labute approximate surface area is 91.3 Å². The van der Waals surface area contributed by atoms with Crippen molar-refractivity contribution < 1.29 is 5.21 Å². The summed E-state index contributed by atoms with van der Waals surface area (Å²) < 4.78 is 0. The van der Waals surface area contributed by atoms with E-state index in [1.807, 2.05) is 0 Å². The Morgan fingerprint density at radius 3 is 2.53 bits per heavy atom. The van der Waals surface area contributed by atoms with E-state index in [2.05, 4.69) is 29.5 Å². The Hall–Kier alpha value is -0.810. The fraction of sp³-hybridized carbons (Fsp3) is 0.900. The van der Waals surface area contributed by atoms with Crippen LogP contribution in [0.3, 0.4) is 0 Å². The molecule has 0 heterocycles. The van der Waals surface area contributed by atoms with Gasteiger partial charge in [0.25, 0.3) is 0 Å². The lowest BCUT2D eigenvalue weighted by molar-refractivity contribution is 0.156. The highest BCUT2D eigenvalue weighted by Crippen LogP contribution is 2.32. The molecule has 0 atom stereocenters. The number of hydrogen-bond acceptors (Lipinski definition) is 4. The van der Waals surface area contributed by atoms with Crippen molar-refractivity contribution in [2.24, 2.45) is 10.9 Å². The van der Waals surface area contributed by atoms with Crippen molar-refractivity contribution >= 4 is 5.84 Å². The number of nitrogens with two attached hydrogens (primary N) is 1. The van der Waals surface area contributed by atoms with E-state index < -0.39 is 0 Å². The van der Waals surface area contributed by atoms with Crippen LogP contribution in [0.4, 0.5) is 0 Å². The van der Waals surface area contributed by atoms with Gasteiger partial charge in [-0.3, -0.25) is 0 Å². The van der Waals surface area contributed by atoms with E-state index in [0.29, 0.717) is 6.54 Å². The van der Waals surface area contributed by atoms with Gasteiger partial charge in [-0.05, 0) is 26.9 Å². The second kappa shape index (κ2) is 5.32. The van der Waals surface area contributed by atoms with Crippen molar-refractivity contribution in [3.8, 4) is 0 Å². The third-order valence-electron chi connectivity index (χ3n) is 3.37. The van der Waals surface area contributed by atoms with Crippen LogP contribution in [0.15, 0.2) is 5.16 Å². The normalized spacial score (nSPS) is 21.1. The van der Waals surface area contributed by atoms with Gasteiger partial charge in [0.05, 0.1) is 6.54 Å². The first-order valence-electron chi connectivity index (χ1n) is 5.45. The molecule has 0 radical (unpaired) electrons. The van der Waals surface area contributed by atoms with Gasteiger partial charge in [-0.1, -0.05) is 18.0 Å². The molecular weight excluding hydrogens is 192 g/mol. The summed E-state index contributed by atoms with van der Waals surface area (Å²) in [6, 6.07) is 0. The molecule has 0 spiro atoms. The summed E-state index contributed by atoms with van der Waals surface area (Å²) in [6.45, 7) is 1.35. The SMILES string of the molecule is CN(C)C1(CNCC(N)=NO)CCCC1. The Kier molecular flexibility index (Phi) is 4.35. The third-order valence-corrected chi connectivity index (χ3v) is 3.37. The first-order chi connectivity index (χ1) is 7.10. The quantitative estimate of drug-likeness (QED) is 0.264. The lowest BCUT2D eigenvalue weighted by atomic mass is 9.96. The van der Waals surface area contributed by atoms with Crippen LogP contribution in [0.5, 0.6) is 0 Å². The second-order valence-electron chi connectivity index (χ2n) is 4.52. The maximum atomic E-state index is 8.41. The van der Waals surface area contributed by atoms with Crippen molar-refractivity contribution in [1.82, 2.24) is 10.2 Å². The molecule has 0 bridgehead atoms. The number of likely N-dealkylation sites (N-methyl/N-ethyl adjacent to an activating group) is 1. The molecule has 1 fully saturated rings. The molecular formula is C10H22N4O. The Balaban J connectivity index is 2.39. The van der Waals surface area contributed by atoms with Crippen LogP contribution in [-0.2, 0) is 0 Å². The number of amidine groups is 1. The molecule has 1 aliphatic rings. The highest BCUT2D eigenvalue weighted by molar-refractivity contribution is 5.81. The maximum absolute atomic E-state index is 8.41. The lowest BCUT2D eigenvalue weighted by Gasteiger charge is -2.36. The standard InChI is InChI=1S/C10H22N4O/c1-14(2)10(5-3-4-6-10)8-12-7-9(11)13-15/h12,15H,3-8H2,1-2H3,(H2,11,13). The summed E-state index contributed by atoms with van der Waals surface area (Å²) in [5.74, 6) is 0.238. The average Bonchev–Trinajstić information content (AvgIpc) is 2.67.